The van der Waals surface area contributed by atoms with Crippen molar-refractivity contribution in [1.29, 1.82) is 0 Å². The number of carbonyl (C=O) groups is 1. The molecular weight excluding hydrogens is 236 g/mol. The van der Waals surface area contributed by atoms with Crippen LogP contribution in [0.1, 0.15) is 55.5 Å². The lowest BCUT2D eigenvalue weighted by Gasteiger charge is -2.20. The number of nitrogens with one attached hydrogen (secondary N) is 2. The van der Waals surface area contributed by atoms with Crippen molar-refractivity contribution in [3.8, 4) is 0 Å². The number of amides is 1. The van der Waals surface area contributed by atoms with Crippen LogP contribution in [0.15, 0.2) is 18.2 Å². The summed E-state index contributed by atoms with van der Waals surface area (Å²) in [6.07, 6.45) is 4.75. The Morgan fingerprint density at radius 2 is 1.84 bits per heavy atom. The Bertz CT molecular complexity index is 409. The van der Waals surface area contributed by atoms with Crippen LogP contribution in [-0.2, 0) is 0 Å². The van der Waals surface area contributed by atoms with Crippen molar-refractivity contribution < 1.29 is 4.79 Å². The van der Waals surface area contributed by atoms with Crippen molar-refractivity contribution in [1.82, 2.24) is 5.32 Å². The van der Waals surface area contributed by atoms with Gasteiger partial charge in [0.1, 0.15) is 0 Å². The number of anilines is 1. The number of carbonyl (C=O) groups excluding carboxylic acids is 1. The van der Waals surface area contributed by atoms with Gasteiger partial charge < -0.3 is 10.6 Å². The van der Waals surface area contributed by atoms with Gasteiger partial charge in [-0.3, -0.25) is 4.79 Å². The highest BCUT2D eigenvalue weighted by atomic mass is 16.1. The normalized spacial score (nSPS) is 10.6. The zero-order valence-corrected chi connectivity index (χ0v) is 12.5. The first kappa shape index (κ1) is 15.5. The molecule has 0 saturated heterocycles. The van der Waals surface area contributed by atoms with Gasteiger partial charge in [-0.2, -0.15) is 0 Å². The van der Waals surface area contributed by atoms with Gasteiger partial charge in [0, 0.05) is 24.3 Å². The van der Waals surface area contributed by atoms with Gasteiger partial charge in [0.25, 0.3) is 5.91 Å². The van der Waals surface area contributed by atoms with Crippen LogP contribution in [0.4, 0.5) is 5.69 Å². The molecule has 2 N–H and O–H groups in total. The lowest BCUT2D eigenvalue weighted by Crippen LogP contribution is -2.20. The third-order valence-electron chi connectivity index (χ3n) is 3.35. The molecule has 1 amide bonds. The molecule has 0 bridgehead atoms. The zero-order chi connectivity index (χ0) is 14.3. The quantitative estimate of drug-likeness (QED) is 0.786. The molecule has 0 radical (unpaired) electrons. The Balaban J connectivity index is 2.80. The molecule has 1 aromatic rings. The predicted molar refractivity (Wildman–Crippen MR) is 81.8 cm³/mol. The molecule has 19 heavy (non-hydrogen) atoms. The van der Waals surface area contributed by atoms with Crippen LogP contribution in [0.25, 0.3) is 0 Å². The number of rotatable bonds is 7. The lowest BCUT2D eigenvalue weighted by molar-refractivity contribution is 0.0963. The van der Waals surface area contributed by atoms with Crippen LogP contribution in [0.2, 0.25) is 0 Å². The summed E-state index contributed by atoms with van der Waals surface area (Å²) in [7, 11) is 1.66. The van der Waals surface area contributed by atoms with Crippen molar-refractivity contribution >= 4 is 11.6 Å². The van der Waals surface area contributed by atoms with Crippen molar-refractivity contribution in [2.24, 2.45) is 0 Å². The maximum Gasteiger partial charge on any atom is 0.251 e. The first-order chi connectivity index (χ1) is 9.12. The van der Waals surface area contributed by atoms with E-state index in [2.05, 4.69) is 24.5 Å². The molecule has 106 valence electrons. The van der Waals surface area contributed by atoms with Gasteiger partial charge in [0.15, 0.2) is 0 Å². The molecule has 0 saturated carbocycles. The molecule has 0 aliphatic carbocycles. The smallest absolute Gasteiger partial charge is 0.251 e. The molecule has 0 atom stereocenters. The number of hydrogen-bond donors (Lipinski definition) is 2. The highest BCUT2D eigenvalue weighted by Crippen LogP contribution is 2.20. The van der Waals surface area contributed by atoms with E-state index in [1.165, 1.54) is 25.7 Å². The standard InChI is InChI=1S/C16H26N2O/c1-5-7-14(8-6-2)18-15-10-9-13(11-12(15)3)16(19)17-4/h9-11,14,18H,5-8H2,1-4H3,(H,17,19). The minimum Gasteiger partial charge on any atom is -0.382 e. The summed E-state index contributed by atoms with van der Waals surface area (Å²) in [4.78, 5) is 11.6. The summed E-state index contributed by atoms with van der Waals surface area (Å²) in [6.45, 7) is 6.47. The van der Waals surface area contributed by atoms with E-state index in [4.69, 9.17) is 0 Å². The number of aryl methyl sites for hydroxylation is 1. The monoisotopic (exact) mass is 262 g/mol. The van der Waals surface area contributed by atoms with Gasteiger partial charge in [-0.05, 0) is 43.5 Å². The summed E-state index contributed by atoms with van der Waals surface area (Å²) in [6, 6.07) is 6.36. The van der Waals surface area contributed by atoms with Crippen LogP contribution in [0.3, 0.4) is 0 Å². The fraction of sp³-hybridized carbons (Fsp3) is 0.562. The van der Waals surface area contributed by atoms with E-state index < -0.39 is 0 Å². The van der Waals surface area contributed by atoms with Gasteiger partial charge in [0.2, 0.25) is 0 Å². The third-order valence-corrected chi connectivity index (χ3v) is 3.35. The summed E-state index contributed by atoms with van der Waals surface area (Å²) in [5, 5.41) is 6.25. The van der Waals surface area contributed by atoms with E-state index in [-0.39, 0.29) is 5.91 Å². The van der Waals surface area contributed by atoms with Crippen LogP contribution >= 0.6 is 0 Å². The first-order valence-corrected chi connectivity index (χ1v) is 7.21. The molecule has 0 heterocycles. The molecule has 0 spiro atoms. The topological polar surface area (TPSA) is 41.1 Å². The highest BCUT2D eigenvalue weighted by molar-refractivity contribution is 5.94. The zero-order valence-electron chi connectivity index (χ0n) is 12.5. The van der Waals surface area contributed by atoms with Crippen molar-refractivity contribution in [3.63, 3.8) is 0 Å². The molecule has 1 aromatic carbocycles. The molecule has 0 unspecified atom stereocenters. The maximum absolute atomic E-state index is 11.6. The SMILES string of the molecule is CCCC(CCC)Nc1ccc(C(=O)NC)cc1C. The van der Waals surface area contributed by atoms with E-state index >= 15 is 0 Å². The Hall–Kier alpha value is -1.51. The van der Waals surface area contributed by atoms with Crippen molar-refractivity contribution in [3.05, 3.63) is 29.3 Å². The summed E-state index contributed by atoms with van der Waals surface area (Å²) in [5.41, 5.74) is 2.98. The molecule has 0 aromatic heterocycles. The largest absolute Gasteiger partial charge is 0.382 e. The van der Waals surface area contributed by atoms with E-state index in [1.54, 1.807) is 7.05 Å². The molecule has 3 nitrogen and oxygen atoms in total. The highest BCUT2D eigenvalue weighted by Gasteiger charge is 2.10. The summed E-state index contributed by atoms with van der Waals surface area (Å²) >= 11 is 0. The average Bonchev–Trinajstić information content (AvgIpc) is 2.40. The first-order valence-electron chi connectivity index (χ1n) is 7.21. The molecular formula is C16H26N2O. The second-order valence-electron chi connectivity index (χ2n) is 5.03. The van der Waals surface area contributed by atoms with Gasteiger partial charge in [0.05, 0.1) is 0 Å². The minimum absolute atomic E-state index is 0.0340. The summed E-state index contributed by atoms with van der Waals surface area (Å²) in [5.74, 6) is -0.0340. The Morgan fingerprint density at radius 3 is 2.32 bits per heavy atom. The minimum atomic E-state index is -0.0340. The number of hydrogen-bond acceptors (Lipinski definition) is 2. The van der Waals surface area contributed by atoms with E-state index in [0.717, 1.165) is 11.3 Å². The van der Waals surface area contributed by atoms with E-state index in [0.29, 0.717) is 11.6 Å². The van der Waals surface area contributed by atoms with Gasteiger partial charge in [-0.15, -0.1) is 0 Å². The Kier molecular flexibility index (Phi) is 6.40. The van der Waals surface area contributed by atoms with Crippen LogP contribution < -0.4 is 10.6 Å². The molecule has 0 fully saturated rings. The van der Waals surface area contributed by atoms with E-state index in [9.17, 15) is 4.79 Å². The predicted octanol–water partition coefficient (Wildman–Crippen LogP) is 3.74. The lowest BCUT2D eigenvalue weighted by atomic mass is 10.0. The Labute approximate surface area is 116 Å². The Morgan fingerprint density at radius 1 is 1.21 bits per heavy atom. The molecule has 0 aliphatic heterocycles. The summed E-state index contributed by atoms with van der Waals surface area (Å²) < 4.78 is 0. The average molecular weight is 262 g/mol. The van der Waals surface area contributed by atoms with Gasteiger partial charge in [-0.25, -0.2) is 0 Å². The van der Waals surface area contributed by atoms with Crippen molar-refractivity contribution in [2.45, 2.75) is 52.5 Å². The van der Waals surface area contributed by atoms with Crippen LogP contribution in [0.5, 0.6) is 0 Å². The van der Waals surface area contributed by atoms with Crippen molar-refractivity contribution in [2.75, 3.05) is 12.4 Å². The maximum atomic E-state index is 11.6. The van der Waals surface area contributed by atoms with Gasteiger partial charge in [-0.1, -0.05) is 26.7 Å². The number of benzene rings is 1. The second-order valence-corrected chi connectivity index (χ2v) is 5.03. The molecule has 0 aliphatic rings. The van der Waals surface area contributed by atoms with Crippen LogP contribution in [0, 0.1) is 6.92 Å². The van der Waals surface area contributed by atoms with Crippen LogP contribution in [-0.4, -0.2) is 19.0 Å². The second kappa shape index (κ2) is 7.82. The van der Waals surface area contributed by atoms with E-state index in [1.807, 2.05) is 25.1 Å². The van der Waals surface area contributed by atoms with Gasteiger partial charge >= 0.3 is 0 Å². The fourth-order valence-corrected chi connectivity index (χ4v) is 2.32. The molecule has 3 heteroatoms. The third kappa shape index (κ3) is 4.58. The fourth-order valence-electron chi connectivity index (χ4n) is 2.32. The molecule has 1 rings (SSSR count).